The second kappa shape index (κ2) is 7.66. The number of carbonyl (C=O) groups excluding carboxylic acids is 2. The fourth-order valence-electron chi connectivity index (χ4n) is 5.30. The van der Waals surface area contributed by atoms with Gasteiger partial charge in [0.15, 0.2) is 11.5 Å². The van der Waals surface area contributed by atoms with Gasteiger partial charge in [-0.3, -0.25) is 14.5 Å². The molecule has 1 saturated heterocycles. The van der Waals surface area contributed by atoms with Crippen LogP contribution < -0.4 is 0 Å². The van der Waals surface area contributed by atoms with Gasteiger partial charge in [0.05, 0.1) is 5.56 Å². The second-order valence-corrected chi connectivity index (χ2v) is 9.89. The molecule has 0 spiro atoms. The van der Waals surface area contributed by atoms with Crippen LogP contribution in [0, 0.1) is 18.3 Å². The first-order valence-corrected chi connectivity index (χ1v) is 11.0. The van der Waals surface area contributed by atoms with E-state index in [0.717, 1.165) is 44.1 Å². The average Bonchev–Trinajstić information content (AvgIpc) is 2.98. The lowest BCUT2D eigenvalue weighted by molar-refractivity contribution is 0.0572. The number of carbonyl (C=O) groups is 2. The van der Waals surface area contributed by atoms with Gasteiger partial charge in [0.25, 0.3) is 5.91 Å². The third-order valence-electron chi connectivity index (χ3n) is 6.87. The van der Waals surface area contributed by atoms with Gasteiger partial charge in [0.1, 0.15) is 5.76 Å². The summed E-state index contributed by atoms with van der Waals surface area (Å²) in [4.78, 5) is 30.1. The quantitative estimate of drug-likeness (QED) is 0.785. The molecular weight excluding hydrogens is 352 g/mol. The topological polar surface area (TPSA) is 53.8 Å². The maximum atomic E-state index is 13.1. The highest BCUT2D eigenvalue weighted by Crippen LogP contribution is 2.38. The van der Waals surface area contributed by atoms with Crippen molar-refractivity contribution < 1.29 is 14.0 Å². The molecule has 1 saturated carbocycles. The Morgan fingerprint density at radius 1 is 1.07 bits per heavy atom. The van der Waals surface area contributed by atoms with Crippen molar-refractivity contribution in [1.29, 1.82) is 0 Å². The highest BCUT2D eigenvalue weighted by Gasteiger charge is 2.38. The van der Waals surface area contributed by atoms with E-state index < -0.39 is 0 Å². The van der Waals surface area contributed by atoms with E-state index >= 15 is 0 Å². The molecule has 1 amide bonds. The molecule has 1 aliphatic heterocycles. The van der Waals surface area contributed by atoms with E-state index in [2.05, 4.69) is 18.7 Å². The van der Waals surface area contributed by atoms with Crippen molar-refractivity contribution in [2.75, 3.05) is 32.7 Å². The molecule has 0 N–H and O–H groups in total. The van der Waals surface area contributed by atoms with Crippen LogP contribution in [-0.4, -0.2) is 54.2 Å². The standard InChI is InChI=1S/C23H34N2O3/c1-16-20-18(26)13-23(2,3)14-19(20)28-21(16)22(27)25-11-9-24(10-12-25)15-17-7-5-4-6-8-17/h17H,4-15H2,1-3H3. The smallest absolute Gasteiger partial charge is 0.289 e. The molecular formula is C23H34N2O3. The highest BCUT2D eigenvalue weighted by molar-refractivity contribution is 6.03. The van der Waals surface area contributed by atoms with Gasteiger partial charge < -0.3 is 9.32 Å². The number of hydrogen-bond acceptors (Lipinski definition) is 4. The normalized spacial score (nSPS) is 23.7. The molecule has 5 nitrogen and oxygen atoms in total. The van der Waals surface area contributed by atoms with Gasteiger partial charge in [0.2, 0.25) is 0 Å². The number of ketones is 1. The van der Waals surface area contributed by atoms with E-state index in [4.69, 9.17) is 4.42 Å². The predicted octanol–water partition coefficient (Wildman–Crippen LogP) is 4.08. The lowest BCUT2D eigenvalue weighted by atomic mass is 9.76. The molecule has 1 aromatic rings. The SMILES string of the molecule is Cc1c(C(=O)N2CCN(CC3CCCCC3)CC2)oc2c1C(=O)CC(C)(C)C2. The maximum Gasteiger partial charge on any atom is 0.289 e. The van der Waals surface area contributed by atoms with E-state index in [1.165, 1.54) is 38.6 Å². The van der Waals surface area contributed by atoms with Crippen LogP contribution in [-0.2, 0) is 6.42 Å². The zero-order valence-corrected chi connectivity index (χ0v) is 17.7. The zero-order valence-electron chi connectivity index (χ0n) is 17.7. The summed E-state index contributed by atoms with van der Waals surface area (Å²) in [5, 5.41) is 0. The third kappa shape index (κ3) is 3.91. The van der Waals surface area contributed by atoms with Gasteiger partial charge in [0, 0.05) is 51.1 Å². The van der Waals surface area contributed by atoms with Crippen molar-refractivity contribution >= 4 is 11.7 Å². The van der Waals surface area contributed by atoms with Crippen molar-refractivity contribution in [1.82, 2.24) is 9.80 Å². The summed E-state index contributed by atoms with van der Waals surface area (Å²) in [6.45, 7) is 10.6. The molecule has 154 valence electrons. The van der Waals surface area contributed by atoms with Crippen molar-refractivity contribution in [2.45, 2.75) is 65.7 Å². The third-order valence-corrected chi connectivity index (χ3v) is 6.87. The Kier molecular flexibility index (Phi) is 5.38. The molecule has 2 fully saturated rings. The molecule has 3 aliphatic rings. The van der Waals surface area contributed by atoms with Crippen molar-refractivity contribution in [3.05, 3.63) is 22.6 Å². The Labute approximate surface area is 168 Å². The summed E-state index contributed by atoms with van der Waals surface area (Å²) in [6, 6.07) is 0. The monoisotopic (exact) mass is 386 g/mol. The summed E-state index contributed by atoms with van der Waals surface area (Å²) in [6.07, 6.45) is 8.11. The summed E-state index contributed by atoms with van der Waals surface area (Å²) in [7, 11) is 0. The van der Waals surface area contributed by atoms with Gasteiger partial charge in [-0.05, 0) is 31.1 Å². The van der Waals surface area contributed by atoms with Crippen molar-refractivity contribution in [3.8, 4) is 0 Å². The van der Waals surface area contributed by atoms with E-state index in [-0.39, 0.29) is 17.1 Å². The average molecular weight is 387 g/mol. The van der Waals surface area contributed by atoms with Crippen LogP contribution in [0.4, 0.5) is 0 Å². The lowest BCUT2D eigenvalue weighted by Crippen LogP contribution is -2.49. The number of nitrogens with zero attached hydrogens (tertiary/aromatic N) is 2. The first-order chi connectivity index (χ1) is 13.3. The summed E-state index contributed by atoms with van der Waals surface area (Å²) >= 11 is 0. The van der Waals surface area contributed by atoms with Crippen LogP contribution in [0.5, 0.6) is 0 Å². The second-order valence-electron chi connectivity index (χ2n) is 9.89. The molecule has 0 atom stereocenters. The number of fused-ring (bicyclic) bond motifs is 1. The number of rotatable bonds is 3. The fraction of sp³-hybridized carbons (Fsp3) is 0.739. The highest BCUT2D eigenvalue weighted by atomic mass is 16.4. The summed E-state index contributed by atoms with van der Waals surface area (Å²) in [5.41, 5.74) is 1.31. The maximum absolute atomic E-state index is 13.1. The Balaban J connectivity index is 1.40. The number of piperazine rings is 1. The number of hydrogen-bond donors (Lipinski definition) is 0. The van der Waals surface area contributed by atoms with Gasteiger partial charge in [-0.2, -0.15) is 0 Å². The summed E-state index contributed by atoms with van der Waals surface area (Å²) < 4.78 is 5.98. The minimum Gasteiger partial charge on any atom is -0.455 e. The molecule has 0 radical (unpaired) electrons. The molecule has 5 heteroatoms. The lowest BCUT2D eigenvalue weighted by Gasteiger charge is -2.37. The molecule has 2 heterocycles. The fourth-order valence-corrected chi connectivity index (χ4v) is 5.30. The Morgan fingerprint density at radius 3 is 2.43 bits per heavy atom. The largest absolute Gasteiger partial charge is 0.455 e. The van der Waals surface area contributed by atoms with Crippen LogP contribution in [0.2, 0.25) is 0 Å². The molecule has 4 rings (SSSR count). The number of furan rings is 1. The first kappa shape index (κ1) is 19.7. The predicted molar refractivity (Wildman–Crippen MR) is 109 cm³/mol. The minimum atomic E-state index is -0.0978. The first-order valence-electron chi connectivity index (χ1n) is 11.0. The van der Waals surface area contributed by atoms with Crippen LogP contribution >= 0.6 is 0 Å². The molecule has 0 aromatic carbocycles. The van der Waals surface area contributed by atoms with E-state index in [0.29, 0.717) is 23.5 Å². The molecule has 2 aliphatic carbocycles. The van der Waals surface area contributed by atoms with Crippen LogP contribution in [0.1, 0.15) is 84.6 Å². The van der Waals surface area contributed by atoms with Gasteiger partial charge in [-0.1, -0.05) is 33.1 Å². The van der Waals surface area contributed by atoms with Gasteiger partial charge in [-0.15, -0.1) is 0 Å². The van der Waals surface area contributed by atoms with E-state index in [1.54, 1.807) is 0 Å². The van der Waals surface area contributed by atoms with Gasteiger partial charge >= 0.3 is 0 Å². The number of amides is 1. The van der Waals surface area contributed by atoms with Gasteiger partial charge in [-0.25, -0.2) is 0 Å². The Bertz CT molecular complexity index is 750. The van der Waals surface area contributed by atoms with E-state index in [9.17, 15) is 9.59 Å². The molecule has 1 aromatic heterocycles. The van der Waals surface area contributed by atoms with Crippen LogP contribution in [0.15, 0.2) is 4.42 Å². The molecule has 28 heavy (non-hydrogen) atoms. The Morgan fingerprint density at radius 2 is 1.75 bits per heavy atom. The Hall–Kier alpha value is -1.62. The van der Waals surface area contributed by atoms with Crippen LogP contribution in [0.25, 0.3) is 0 Å². The summed E-state index contributed by atoms with van der Waals surface area (Å²) in [5.74, 6) is 2.00. The van der Waals surface area contributed by atoms with E-state index in [1.807, 2.05) is 11.8 Å². The molecule has 0 bridgehead atoms. The number of Topliss-reactive ketones (excluding diaryl/α,β-unsaturated/α-hetero) is 1. The zero-order chi connectivity index (χ0) is 19.9. The minimum absolute atomic E-state index is 0.0465. The van der Waals surface area contributed by atoms with Crippen molar-refractivity contribution in [3.63, 3.8) is 0 Å². The van der Waals surface area contributed by atoms with Crippen molar-refractivity contribution in [2.24, 2.45) is 11.3 Å². The van der Waals surface area contributed by atoms with Crippen LogP contribution in [0.3, 0.4) is 0 Å². The molecule has 0 unspecified atom stereocenters.